The third-order valence-electron chi connectivity index (χ3n) is 2.22. The quantitative estimate of drug-likeness (QED) is 0.443. The van der Waals surface area contributed by atoms with Gasteiger partial charge in [-0.05, 0) is 12.1 Å². The fraction of sp³-hybridized carbons (Fsp3) is 0.0909. The Labute approximate surface area is 92.4 Å². The van der Waals surface area contributed by atoms with Crippen molar-refractivity contribution in [1.29, 1.82) is 5.41 Å². The molecule has 0 spiro atoms. The molecule has 82 valence electrons. The van der Waals surface area contributed by atoms with Crippen molar-refractivity contribution >= 4 is 16.9 Å². The Morgan fingerprint density at radius 3 is 2.94 bits per heavy atom. The molecule has 2 aromatic rings. The Morgan fingerprint density at radius 1 is 1.38 bits per heavy atom. The Morgan fingerprint density at radius 2 is 2.19 bits per heavy atom. The van der Waals surface area contributed by atoms with Crippen LogP contribution in [0.2, 0.25) is 0 Å². The molecule has 1 heterocycles. The number of hydrogen-bond donors (Lipinski definition) is 4. The van der Waals surface area contributed by atoms with Gasteiger partial charge < -0.3 is 16.2 Å². The molecule has 5 N–H and O–H groups in total. The van der Waals surface area contributed by atoms with Crippen molar-refractivity contribution < 1.29 is 5.11 Å². The van der Waals surface area contributed by atoms with Gasteiger partial charge in [-0.2, -0.15) is 0 Å². The fourth-order valence-corrected chi connectivity index (χ4v) is 1.46. The summed E-state index contributed by atoms with van der Waals surface area (Å²) < 4.78 is 0. The largest absolute Gasteiger partial charge is 0.506 e. The molecule has 0 aliphatic carbocycles. The molecule has 0 radical (unpaired) electrons. The minimum Gasteiger partial charge on any atom is -0.506 e. The van der Waals surface area contributed by atoms with Crippen molar-refractivity contribution in [3.05, 3.63) is 36.0 Å². The first kappa shape index (κ1) is 10.2. The number of para-hydroxylation sites is 1. The molecule has 0 saturated heterocycles. The van der Waals surface area contributed by atoms with Crippen LogP contribution in [0.4, 0.5) is 0 Å². The molecule has 2 rings (SSSR count). The van der Waals surface area contributed by atoms with E-state index in [2.05, 4.69) is 10.3 Å². The molecule has 0 atom stereocenters. The van der Waals surface area contributed by atoms with E-state index in [1.54, 1.807) is 12.1 Å². The Kier molecular flexibility index (Phi) is 2.59. The van der Waals surface area contributed by atoms with E-state index in [0.29, 0.717) is 12.1 Å². The number of nitrogens with one attached hydrogen (secondary N) is 2. The van der Waals surface area contributed by atoms with E-state index >= 15 is 0 Å². The number of nitrogens with two attached hydrogens (primary N) is 1. The smallest absolute Gasteiger partial charge is 0.186 e. The minimum atomic E-state index is -0.0980. The molecule has 0 saturated carbocycles. The second-order valence-corrected chi connectivity index (χ2v) is 3.42. The van der Waals surface area contributed by atoms with Crippen molar-refractivity contribution in [3.63, 3.8) is 0 Å². The van der Waals surface area contributed by atoms with E-state index < -0.39 is 0 Å². The number of phenolic OH excluding ortho intramolecular Hbond substituents is 1. The average molecular weight is 216 g/mol. The molecule has 0 aliphatic heterocycles. The van der Waals surface area contributed by atoms with Crippen LogP contribution in [0.3, 0.4) is 0 Å². The molecule has 0 unspecified atom stereocenters. The highest BCUT2D eigenvalue weighted by Crippen LogP contribution is 2.22. The second-order valence-electron chi connectivity index (χ2n) is 3.42. The van der Waals surface area contributed by atoms with Crippen molar-refractivity contribution in [3.8, 4) is 5.75 Å². The zero-order chi connectivity index (χ0) is 11.5. The van der Waals surface area contributed by atoms with Crippen LogP contribution in [0, 0.1) is 5.41 Å². The number of guanidine groups is 1. The van der Waals surface area contributed by atoms with Crippen LogP contribution >= 0.6 is 0 Å². The van der Waals surface area contributed by atoms with Gasteiger partial charge in [-0.25, -0.2) is 4.98 Å². The van der Waals surface area contributed by atoms with Crippen molar-refractivity contribution in [2.24, 2.45) is 5.73 Å². The molecule has 1 aromatic heterocycles. The van der Waals surface area contributed by atoms with Gasteiger partial charge in [0.25, 0.3) is 0 Å². The maximum absolute atomic E-state index is 9.62. The molecular weight excluding hydrogens is 204 g/mol. The molecule has 5 nitrogen and oxygen atoms in total. The predicted octanol–water partition coefficient (Wildman–Crippen LogP) is 0.923. The Balaban J connectivity index is 2.35. The predicted molar refractivity (Wildman–Crippen MR) is 62.2 cm³/mol. The molecule has 0 aliphatic rings. The lowest BCUT2D eigenvalue weighted by Gasteiger charge is -2.05. The van der Waals surface area contributed by atoms with Crippen LogP contribution in [0.15, 0.2) is 30.3 Å². The zero-order valence-corrected chi connectivity index (χ0v) is 8.57. The van der Waals surface area contributed by atoms with E-state index in [1.807, 2.05) is 18.2 Å². The van der Waals surface area contributed by atoms with Gasteiger partial charge in [0.1, 0.15) is 11.3 Å². The van der Waals surface area contributed by atoms with Crippen LogP contribution in [-0.4, -0.2) is 16.1 Å². The lowest BCUT2D eigenvalue weighted by Crippen LogP contribution is -2.29. The van der Waals surface area contributed by atoms with Gasteiger partial charge in [-0.1, -0.05) is 18.2 Å². The van der Waals surface area contributed by atoms with Crippen LogP contribution in [-0.2, 0) is 6.54 Å². The first-order chi connectivity index (χ1) is 7.66. The van der Waals surface area contributed by atoms with Crippen LogP contribution in [0.5, 0.6) is 5.75 Å². The Hall–Kier alpha value is -2.30. The molecule has 1 aromatic carbocycles. The minimum absolute atomic E-state index is 0.0980. The van der Waals surface area contributed by atoms with Gasteiger partial charge in [-0.3, -0.25) is 5.41 Å². The van der Waals surface area contributed by atoms with Crippen LogP contribution < -0.4 is 11.1 Å². The number of pyridine rings is 1. The second kappa shape index (κ2) is 4.06. The summed E-state index contributed by atoms with van der Waals surface area (Å²) >= 11 is 0. The Bertz CT molecular complexity index is 538. The summed E-state index contributed by atoms with van der Waals surface area (Å²) in [5.74, 6) is 0.0568. The molecule has 5 heteroatoms. The monoisotopic (exact) mass is 216 g/mol. The summed E-state index contributed by atoms with van der Waals surface area (Å²) in [5, 5.41) is 20.2. The molecule has 0 fully saturated rings. The van der Waals surface area contributed by atoms with Crippen molar-refractivity contribution in [2.75, 3.05) is 0 Å². The van der Waals surface area contributed by atoms with Gasteiger partial charge in [0.05, 0.1) is 12.2 Å². The number of hydrogen-bond acceptors (Lipinski definition) is 3. The highest BCUT2D eigenvalue weighted by atomic mass is 16.3. The van der Waals surface area contributed by atoms with Crippen LogP contribution in [0.1, 0.15) is 5.69 Å². The number of aromatic nitrogens is 1. The van der Waals surface area contributed by atoms with Gasteiger partial charge in [0.15, 0.2) is 5.96 Å². The summed E-state index contributed by atoms with van der Waals surface area (Å²) in [6, 6.07) is 8.95. The number of benzene rings is 1. The maximum Gasteiger partial charge on any atom is 0.186 e. The van der Waals surface area contributed by atoms with Gasteiger partial charge in [-0.15, -0.1) is 0 Å². The number of phenols is 1. The summed E-state index contributed by atoms with van der Waals surface area (Å²) in [7, 11) is 0. The van der Waals surface area contributed by atoms with E-state index in [1.165, 1.54) is 0 Å². The molecule has 0 bridgehead atoms. The maximum atomic E-state index is 9.62. The average Bonchev–Trinajstić information content (AvgIpc) is 2.27. The van der Waals surface area contributed by atoms with E-state index in [4.69, 9.17) is 11.1 Å². The number of fused-ring (bicyclic) bond motifs is 1. The van der Waals surface area contributed by atoms with Gasteiger partial charge in [0, 0.05) is 5.39 Å². The lowest BCUT2D eigenvalue weighted by molar-refractivity contribution is 0.480. The third kappa shape index (κ3) is 2.03. The van der Waals surface area contributed by atoms with Crippen molar-refractivity contribution in [2.45, 2.75) is 6.54 Å². The lowest BCUT2D eigenvalue weighted by atomic mass is 10.2. The number of rotatable bonds is 2. The number of nitrogens with zero attached hydrogens (tertiary/aromatic N) is 1. The zero-order valence-electron chi connectivity index (χ0n) is 8.57. The normalized spacial score (nSPS) is 10.2. The summed E-state index contributed by atoms with van der Waals surface area (Å²) in [5.41, 5.74) is 6.46. The molecule has 0 amide bonds. The third-order valence-corrected chi connectivity index (χ3v) is 2.22. The first-order valence-electron chi connectivity index (χ1n) is 4.82. The van der Waals surface area contributed by atoms with Crippen LogP contribution in [0.25, 0.3) is 10.9 Å². The highest BCUT2D eigenvalue weighted by Gasteiger charge is 2.02. The fourth-order valence-electron chi connectivity index (χ4n) is 1.46. The summed E-state index contributed by atoms with van der Waals surface area (Å²) in [4.78, 5) is 4.28. The number of aromatic hydroxyl groups is 1. The van der Waals surface area contributed by atoms with E-state index in [9.17, 15) is 5.11 Å². The van der Waals surface area contributed by atoms with Gasteiger partial charge in [0.2, 0.25) is 0 Å². The topological polar surface area (TPSA) is 95.0 Å². The SMILES string of the molecule is N=C(N)NCc1ccc2cccc(O)c2n1. The first-order valence-corrected chi connectivity index (χ1v) is 4.82. The molecule has 16 heavy (non-hydrogen) atoms. The van der Waals surface area contributed by atoms with E-state index in [0.717, 1.165) is 11.1 Å². The standard InChI is InChI=1S/C11H12N4O/c12-11(13)14-6-8-5-4-7-2-1-3-9(16)10(7)15-8/h1-5,16H,6H2,(H4,12,13,14). The summed E-state index contributed by atoms with van der Waals surface area (Å²) in [6.07, 6.45) is 0. The summed E-state index contributed by atoms with van der Waals surface area (Å²) in [6.45, 7) is 0.375. The van der Waals surface area contributed by atoms with E-state index in [-0.39, 0.29) is 11.7 Å². The van der Waals surface area contributed by atoms with Crippen molar-refractivity contribution in [1.82, 2.24) is 10.3 Å². The highest BCUT2D eigenvalue weighted by molar-refractivity contribution is 5.84. The van der Waals surface area contributed by atoms with Gasteiger partial charge >= 0.3 is 0 Å². The molecular formula is C11H12N4O.